The second-order valence-corrected chi connectivity index (χ2v) is 6.05. The molecule has 0 bridgehead atoms. The van der Waals surface area contributed by atoms with Crippen LogP contribution >= 0.6 is 23.2 Å². The van der Waals surface area contributed by atoms with Crippen molar-refractivity contribution in [2.45, 2.75) is 44.5 Å². The fraction of sp³-hybridized carbons (Fsp3) is 0.533. The fourth-order valence-corrected chi connectivity index (χ4v) is 3.28. The summed E-state index contributed by atoms with van der Waals surface area (Å²) in [5.74, 6) is 2.26. The van der Waals surface area contributed by atoms with Crippen molar-refractivity contribution in [2.75, 3.05) is 0 Å². The van der Waals surface area contributed by atoms with E-state index in [-0.39, 0.29) is 0 Å². The van der Waals surface area contributed by atoms with Gasteiger partial charge >= 0.3 is 0 Å². The maximum Gasteiger partial charge on any atom is 0.125 e. The van der Waals surface area contributed by atoms with Gasteiger partial charge in [0.2, 0.25) is 0 Å². The fourth-order valence-electron chi connectivity index (χ4n) is 2.84. The lowest BCUT2D eigenvalue weighted by atomic mass is 10.1. The Morgan fingerprint density at radius 1 is 1.42 bits per heavy atom. The van der Waals surface area contributed by atoms with Gasteiger partial charge in [0.25, 0.3) is 0 Å². The number of fused-ring (bicyclic) bond motifs is 1. The number of alkyl halides is 1. The van der Waals surface area contributed by atoms with Gasteiger partial charge in [0, 0.05) is 6.04 Å². The first-order valence-corrected chi connectivity index (χ1v) is 7.87. The average molecular weight is 297 g/mol. The summed E-state index contributed by atoms with van der Waals surface area (Å²) >= 11 is 12.5. The summed E-state index contributed by atoms with van der Waals surface area (Å²) in [7, 11) is 0. The van der Waals surface area contributed by atoms with Gasteiger partial charge in [0.1, 0.15) is 5.82 Å². The minimum absolute atomic E-state index is 0.437. The molecule has 3 rings (SSSR count). The Labute approximate surface area is 123 Å². The van der Waals surface area contributed by atoms with E-state index in [9.17, 15) is 0 Å². The zero-order valence-corrected chi connectivity index (χ0v) is 12.6. The number of nitrogens with zero attached hydrogens (tertiary/aromatic N) is 2. The number of imidazole rings is 1. The largest absolute Gasteiger partial charge is 0.323 e. The third-order valence-corrected chi connectivity index (χ3v) is 4.54. The molecule has 1 atom stereocenters. The standard InChI is InChI=1S/C15H18Cl2N2/c1-2-11(8-10-6-7-10)19-14(9-16)18-13-5-3-4-12(17)15(13)19/h3-5,10-11H,2,6-9H2,1H3. The molecule has 1 heterocycles. The number of halogens is 2. The van der Waals surface area contributed by atoms with Gasteiger partial charge in [-0.15, -0.1) is 11.6 Å². The van der Waals surface area contributed by atoms with Crippen molar-refractivity contribution in [1.29, 1.82) is 0 Å². The summed E-state index contributed by atoms with van der Waals surface area (Å²) in [6.45, 7) is 2.23. The highest BCUT2D eigenvalue weighted by atomic mass is 35.5. The van der Waals surface area contributed by atoms with E-state index < -0.39 is 0 Å². The molecule has 102 valence electrons. The lowest BCUT2D eigenvalue weighted by Gasteiger charge is -2.20. The van der Waals surface area contributed by atoms with Crippen molar-refractivity contribution in [1.82, 2.24) is 9.55 Å². The van der Waals surface area contributed by atoms with Gasteiger partial charge in [-0.25, -0.2) is 4.98 Å². The minimum Gasteiger partial charge on any atom is -0.323 e. The van der Waals surface area contributed by atoms with E-state index in [1.165, 1.54) is 19.3 Å². The molecule has 1 aliphatic rings. The first-order chi connectivity index (χ1) is 9.24. The molecule has 0 aliphatic heterocycles. The van der Waals surface area contributed by atoms with Crippen LogP contribution in [0.4, 0.5) is 0 Å². The normalized spacial score (nSPS) is 17.0. The summed E-state index contributed by atoms with van der Waals surface area (Å²) in [6.07, 6.45) is 5.05. The third-order valence-electron chi connectivity index (χ3n) is 3.99. The third kappa shape index (κ3) is 2.48. The molecule has 2 aromatic rings. The van der Waals surface area contributed by atoms with Crippen LogP contribution in [0.1, 0.15) is 44.5 Å². The molecule has 0 spiro atoms. The van der Waals surface area contributed by atoms with Crippen LogP contribution in [0.15, 0.2) is 18.2 Å². The van der Waals surface area contributed by atoms with Gasteiger partial charge in [-0.05, 0) is 30.9 Å². The molecule has 1 saturated carbocycles. The van der Waals surface area contributed by atoms with E-state index in [0.29, 0.717) is 11.9 Å². The molecule has 1 aliphatic carbocycles. The molecule has 1 fully saturated rings. The van der Waals surface area contributed by atoms with Crippen LogP contribution in [0.25, 0.3) is 11.0 Å². The first-order valence-electron chi connectivity index (χ1n) is 6.95. The lowest BCUT2D eigenvalue weighted by Crippen LogP contribution is -2.12. The van der Waals surface area contributed by atoms with E-state index in [2.05, 4.69) is 16.5 Å². The summed E-state index contributed by atoms with van der Waals surface area (Å²) in [6, 6.07) is 6.36. The maximum absolute atomic E-state index is 6.38. The number of para-hydroxylation sites is 1. The average Bonchev–Trinajstić information content (AvgIpc) is 3.15. The maximum atomic E-state index is 6.38. The second kappa shape index (κ2) is 5.34. The Morgan fingerprint density at radius 3 is 2.84 bits per heavy atom. The molecule has 1 aromatic heterocycles. The number of aromatic nitrogens is 2. The molecule has 1 unspecified atom stereocenters. The van der Waals surface area contributed by atoms with Crippen molar-refractivity contribution in [2.24, 2.45) is 5.92 Å². The van der Waals surface area contributed by atoms with Crippen LogP contribution < -0.4 is 0 Å². The Kier molecular flexibility index (Phi) is 3.72. The minimum atomic E-state index is 0.437. The lowest BCUT2D eigenvalue weighted by molar-refractivity contribution is 0.429. The summed E-state index contributed by atoms with van der Waals surface area (Å²) < 4.78 is 2.28. The Hall–Kier alpha value is -0.730. The molecule has 0 radical (unpaired) electrons. The molecule has 4 heteroatoms. The van der Waals surface area contributed by atoms with Crippen molar-refractivity contribution >= 4 is 34.2 Å². The predicted octanol–water partition coefficient (Wildman–Crippen LogP) is 5.18. The highest BCUT2D eigenvalue weighted by Gasteiger charge is 2.28. The van der Waals surface area contributed by atoms with Gasteiger partial charge in [-0.1, -0.05) is 37.4 Å². The Morgan fingerprint density at radius 2 is 2.21 bits per heavy atom. The van der Waals surface area contributed by atoms with E-state index >= 15 is 0 Å². The van der Waals surface area contributed by atoms with E-state index in [1.807, 2.05) is 18.2 Å². The molecule has 0 saturated heterocycles. The second-order valence-electron chi connectivity index (χ2n) is 5.38. The number of benzene rings is 1. The van der Waals surface area contributed by atoms with Crippen LogP contribution in [0.3, 0.4) is 0 Å². The van der Waals surface area contributed by atoms with Crippen molar-refractivity contribution in [3.05, 3.63) is 29.0 Å². The van der Waals surface area contributed by atoms with Crippen LogP contribution in [-0.2, 0) is 5.88 Å². The first kappa shape index (κ1) is 13.3. The van der Waals surface area contributed by atoms with Crippen molar-refractivity contribution in [3.63, 3.8) is 0 Å². The molecule has 1 aromatic carbocycles. The quantitative estimate of drug-likeness (QED) is 0.695. The van der Waals surface area contributed by atoms with Crippen LogP contribution in [-0.4, -0.2) is 9.55 Å². The van der Waals surface area contributed by atoms with Crippen LogP contribution in [0, 0.1) is 5.92 Å². The zero-order chi connectivity index (χ0) is 13.4. The smallest absolute Gasteiger partial charge is 0.125 e. The monoisotopic (exact) mass is 296 g/mol. The van der Waals surface area contributed by atoms with Crippen molar-refractivity contribution in [3.8, 4) is 0 Å². The van der Waals surface area contributed by atoms with Gasteiger partial charge in [-0.2, -0.15) is 0 Å². The SMILES string of the molecule is CCC(CC1CC1)n1c(CCl)nc2cccc(Cl)c21. The summed E-state index contributed by atoms with van der Waals surface area (Å²) in [5, 5.41) is 0.774. The van der Waals surface area contributed by atoms with Crippen LogP contribution in [0.5, 0.6) is 0 Å². The molecular weight excluding hydrogens is 279 g/mol. The summed E-state index contributed by atoms with van der Waals surface area (Å²) in [5.41, 5.74) is 2.00. The van der Waals surface area contributed by atoms with Gasteiger partial charge in [0.05, 0.1) is 21.9 Å². The van der Waals surface area contributed by atoms with Crippen molar-refractivity contribution < 1.29 is 0 Å². The van der Waals surface area contributed by atoms with Gasteiger partial charge in [-0.3, -0.25) is 0 Å². The Bertz CT molecular complexity index is 587. The van der Waals surface area contributed by atoms with E-state index in [0.717, 1.165) is 34.2 Å². The zero-order valence-electron chi connectivity index (χ0n) is 11.1. The molecule has 2 nitrogen and oxygen atoms in total. The number of hydrogen-bond donors (Lipinski definition) is 0. The van der Waals surface area contributed by atoms with Gasteiger partial charge in [0.15, 0.2) is 0 Å². The number of hydrogen-bond acceptors (Lipinski definition) is 1. The summed E-state index contributed by atoms with van der Waals surface area (Å²) in [4.78, 5) is 4.64. The van der Waals surface area contributed by atoms with E-state index in [4.69, 9.17) is 23.2 Å². The number of rotatable bonds is 5. The highest BCUT2D eigenvalue weighted by molar-refractivity contribution is 6.35. The highest BCUT2D eigenvalue weighted by Crippen LogP contribution is 2.40. The molecular formula is C15H18Cl2N2. The van der Waals surface area contributed by atoms with Crippen LogP contribution in [0.2, 0.25) is 5.02 Å². The molecule has 19 heavy (non-hydrogen) atoms. The van der Waals surface area contributed by atoms with E-state index in [1.54, 1.807) is 0 Å². The molecule has 0 N–H and O–H groups in total. The Balaban J connectivity index is 2.12. The molecule has 0 amide bonds. The topological polar surface area (TPSA) is 17.8 Å². The predicted molar refractivity (Wildman–Crippen MR) is 81.0 cm³/mol. The van der Waals surface area contributed by atoms with Gasteiger partial charge < -0.3 is 4.57 Å².